The van der Waals surface area contributed by atoms with Gasteiger partial charge in [-0.15, -0.1) is 0 Å². The van der Waals surface area contributed by atoms with E-state index < -0.39 is 0 Å². The van der Waals surface area contributed by atoms with Crippen molar-refractivity contribution in [3.8, 4) is 0 Å². The van der Waals surface area contributed by atoms with Crippen LogP contribution in [0.3, 0.4) is 0 Å². The van der Waals surface area contributed by atoms with E-state index in [1.165, 1.54) is 23.7 Å². The van der Waals surface area contributed by atoms with Gasteiger partial charge >= 0.3 is 0 Å². The Morgan fingerprint density at radius 2 is 2.36 bits per heavy atom. The van der Waals surface area contributed by atoms with Gasteiger partial charge < -0.3 is 5.32 Å². The topological polar surface area (TPSA) is 12.0 Å². The van der Waals surface area contributed by atoms with Gasteiger partial charge in [-0.25, -0.2) is 0 Å². The van der Waals surface area contributed by atoms with Gasteiger partial charge in [0.25, 0.3) is 0 Å². The minimum atomic E-state index is 0.729. The van der Waals surface area contributed by atoms with Crippen LogP contribution >= 0.6 is 23.5 Å². The molecule has 1 saturated heterocycles. The van der Waals surface area contributed by atoms with Crippen LogP contribution in [-0.4, -0.2) is 35.6 Å². The maximum atomic E-state index is 3.39. The molecule has 1 N–H and O–H groups in total. The lowest BCUT2D eigenvalue weighted by atomic mass is 10.2. The summed E-state index contributed by atoms with van der Waals surface area (Å²) in [6.45, 7) is 2.26. The van der Waals surface area contributed by atoms with Crippen LogP contribution in [0.15, 0.2) is 0 Å². The molecular formula is C8H17NS2. The highest BCUT2D eigenvalue weighted by Crippen LogP contribution is 2.27. The van der Waals surface area contributed by atoms with Crippen LogP contribution in [0.2, 0.25) is 0 Å². The van der Waals surface area contributed by atoms with Crippen molar-refractivity contribution < 1.29 is 0 Å². The fourth-order valence-corrected chi connectivity index (χ4v) is 4.42. The van der Waals surface area contributed by atoms with E-state index in [0.717, 1.165) is 11.3 Å². The van der Waals surface area contributed by atoms with Crippen molar-refractivity contribution >= 4 is 23.5 Å². The zero-order valence-electron chi connectivity index (χ0n) is 7.30. The van der Waals surface area contributed by atoms with Crippen molar-refractivity contribution in [3.05, 3.63) is 0 Å². The normalized spacial score (nSPS) is 28.4. The number of rotatable bonds is 3. The van der Waals surface area contributed by atoms with Crippen LogP contribution in [0.4, 0.5) is 0 Å². The smallest absolute Gasteiger partial charge is 0.0291 e. The Labute approximate surface area is 78.1 Å². The molecule has 1 aliphatic rings. The molecule has 0 aromatic carbocycles. The van der Waals surface area contributed by atoms with E-state index >= 15 is 0 Å². The van der Waals surface area contributed by atoms with Crippen molar-refractivity contribution in [1.82, 2.24) is 5.32 Å². The second kappa shape index (κ2) is 5.33. The maximum absolute atomic E-state index is 3.39. The van der Waals surface area contributed by atoms with Crippen LogP contribution in [0, 0.1) is 0 Å². The quantitative estimate of drug-likeness (QED) is 0.731. The molecule has 1 nitrogen and oxygen atoms in total. The minimum Gasteiger partial charge on any atom is -0.316 e. The Bertz CT molecular complexity index is 98.3. The molecule has 0 aromatic rings. The van der Waals surface area contributed by atoms with Crippen LogP contribution in [0.25, 0.3) is 0 Å². The van der Waals surface area contributed by atoms with Crippen molar-refractivity contribution in [1.29, 1.82) is 0 Å². The number of hydrogen-bond donors (Lipinski definition) is 1. The van der Waals surface area contributed by atoms with Gasteiger partial charge in [-0.3, -0.25) is 0 Å². The largest absolute Gasteiger partial charge is 0.316 e. The zero-order chi connectivity index (χ0) is 8.10. The first-order valence-corrected chi connectivity index (χ1v) is 6.45. The first kappa shape index (κ1) is 9.75. The average molecular weight is 191 g/mol. The van der Waals surface area contributed by atoms with Gasteiger partial charge in [0, 0.05) is 28.6 Å². The number of nitrogens with one attached hydrogen (secondary N) is 1. The van der Waals surface area contributed by atoms with Crippen LogP contribution in [-0.2, 0) is 0 Å². The molecule has 0 amide bonds. The van der Waals surface area contributed by atoms with E-state index in [1.807, 2.05) is 0 Å². The Balaban J connectivity index is 2.30. The molecule has 1 rings (SSSR count). The zero-order valence-corrected chi connectivity index (χ0v) is 8.93. The Morgan fingerprint density at radius 1 is 1.55 bits per heavy atom. The Kier molecular flexibility index (Phi) is 4.72. The SMILES string of the molecule is CCC(NC)C1CSCCS1. The second-order valence-electron chi connectivity index (χ2n) is 2.79. The molecule has 0 bridgehead atoms. The van der Waals surface area contributed by atoms with Gasteiger partial charge in [0.05, 0.1) is 0 Å². The van der Waals surface area contributed by atoms with Crippen LogP contribution < -0.4 is 5.32 Å². The molecule has 0 aliphatic carbocycles. The summed E-state index contributed by atoms with van der Waals surface area (Å²) >= 11 is 4.24. The highest BCUT2D eigenvalue weighted by Gasteiger charge is 2.21. The first-order valence-electron chi connectivity index (χ1n) is 4.25. The number of hydrogen-bond acceptors (Lipinski definition) is 3. The molecule has 11 heavy (non-hydrogen) atoms. The van der Waals surface area contributed by atoms with E-state index in [2.05, 4.69) is 42.8 Å². The molecule has 1 fully saturated rings. The predicted molar refractivity (Wildman–Crippen MR) is 56.7 cm³/mol. The highest BCUT2D eigenvalue weighted by molar-refractivity contribution is 8.06. The van der Waals surface area contributed by atoms with Crippen molar-refractivity contribution in [3.63, 3.8) is 0 Å². The number of thioether (sulfide) groups is 2. The third kappa shape index (κ3) is 2.88. The molecule has 3 heteroatoms. The van der Waals surface area contributed by atoms with E-state index in [4.69, 9.17) is 0 Å². The van der Waals surface area contributed by atoms with Gasteiger partial charge in [0.1, 0.15) is 0 Å². The van der Waals surface area contributed by atoms with E-state index in [0.29, 0.717) is 0 Å². The van der Waals surface area contributed by atoms with Gasteiger partial charge in [-0.05, 0) is 13.5 Å². The summed E-state index contributed by atoms with van der Waals surface area (Å²) < 4.78 is 0. The standard InChI is InChI=1S/C8H17NS2/c1-3-7(9-2)8-6-10-4-5-11-8/h7-9H,3-6H2,1-2H3. The molecular weight excluding hydrogens is 174 g/mol. The Hall–Kier alpha value is 0.660. The molecule has 1 heterocycles. The van der Waals surface area contributed by atoms with Gasteiger partial charge in [-0.1, -0.05) is 6.92 Å². The summed E-state index contributed by atoms with van der Waals surface area (Å²) in [6, 6.07) is 0.729. The molecule has 1 aliphatic heterocycles. The van der Waals surface area contributed by atoms with Crippen molar-refractivity contribution in [2.24, 2.45) is 0 Å². The van der Waals surface area contributed by atoms with Crippen molar-refractivity contribution in [2.75, 3.05) is 24.3 Å². The molecule has 0 radical (unpaired) electrons. The molecule has 0 spiro atoms. The molecule has 0 saturated carbocycles. The summed E-state index contributed by atoms with van der Waals surface area (Å²) in [6.07, 6.45) is 1.26. The molecule has 2 unspecified atom stereocenters. The molecule has 2 atom stereocenters. The molecule has 0 aromatic heterocycles. The lowest BCUT2D eigenvalue weighted by molar-refractivity contribution is 0.544. The summed E-state index contributed by atoms with van der Waals surface area (Å²) in [5.74, 6) is 4.03. The molecule has 66 valence electrons. The lowest BCUT2D eigenvalue weighted by Crippen LogP contribution is -2.38. The minimum absolute atomic E-state index is 0.729. The summed E-state index contributed by atoms with van der Waals surface area (Å²) in [7, 11) is 2.08. The third-order valence-corrected chi connectivity index (χ3v) is 5.02. The lowest BCUT2D eigenvalue weighted by Gasteiger charge is -2.28. The van der Waals surface area contributed by atoms with Crippen LogP contribution in [0.5, 0.6) is 0 Å². The van der Waals surface area contributed by atoms with Gasteiger partial charge in [0.15, 0.2) is 0 Å². The first-order chi connectivity index (χ1) is 5.38. The van der Waals surface area contributed by atoms with E-state index in [1.54, 1.807) is 0 Å². The highest BCUT2D eigenvalue weighted by atomic mass is 32.2. The second-order valence-corrected chi connectivity index (χ2v) is 5.28. The van der Waals surface area contributed by atoms with Gasteiger partial charge in [-0.2, -0.15) is 23.5 Å². The van der Waals surface area contributed by atoms with E-state index in [9.17, 15) is 0 Å². The Morgan fingerprint density at radius 3 is 2.82 bits per heavy atom. The predicted octanol–water partition coefficient (Wildman–Crippen LogP) is 1.83. The third-order valence-electron chi connectivity index (χ3n) is 2.10. The summed E-state index contributed by atoms with van der Waals surface area (Å²) in [5, 5.41) is 4.24. The maximum Gasteiger partial charge on any atom is 0.0291 e. The fraction of sp³-hybridized carbons (Fsp3) is 1.00. The monoisotopic (exact) mass is 191 g/mol. The van der Waals surface area contributed by atoms with E-state index in [-0.39, 0.29) is 0 Å². The summed E-state index contributed by atoms with van der Waals surface area (Å²) in [4.78, 5) is 0. The van der Waals surface area contributed by atoms with Crippen molar-refractivity contribution in [2.45, 2.75) is 24.6 Å². The average Bonchev–Trinajstić information content (AvgIpc) is 2.09. The summed E-state index contributed by atoms with van der Waals surface area (Å²) in [5.41, 5.74) is 0. The fourth-order valence-electron chi connectivity index (χ4n) is 1.39. The van der Waals surface area contributed by atoms with Crippen LogP contribution in [0.1, 0.15) is 13.3 Å². The van der Waals surface area contributed by atoms with Gasteiger partial charge in [0.2, 0.25) is 0 Å².